The first-order valence-corrected chi connectivity index (χ1v) is 6.83. The van der Waals surface area contributed by atoms with Crippen LogP contribution in [0, 0.1) is 0 Å². The van der Waals surface area contributed by atoms with E-state index >= 15 is 0 Å². The number of para-hydroxylation sites is 1. The third kappa shape index (κ3) is 7.77. The standard InChI is InChI=1S/C12H13Cl3N2S/c13-12(14,15)8-4-5-9-16-11(18)17-10-6-2-1-3-7-10/h1-7H,8-9H2,(H2,16,17,18). The molecule has 0 saturated carbocycles. The molecule has 0 heterocycles. The van der Waals surface area contributed by atoms with Gasteiger partial charge in [0.1, 0.15) is 0 Å². The number of rotatable bonds is 4. The molecule has 18 heavy (non-hydrogen) atoms. The zero-order chi connectivity index (χ0) is 13.4. The lowest BCUT2D eigenvalue weighted by Gasteiger charge is -2.09. The van der Waals surface area contributed by atoms with Crippen molar-refractivity contribution in [1.82, 2.24) is 5.32 Å². The molecule has 2 nitrogen and oxygen atoms in total. The second-order valence-corrected chi connectivity index (χ2v) is 6.42. The number of benzene rings is 1. The van der Waals surface area contributed by atoms with Crippen LogP contribution < -0.4 is 10.6 Å². The SMILES string of the molecule is S=C(NCC=CCC(Cl)(Cl)Cl)Nc1ccccc1. The maximum absolute atomic E-state index is 5.60. The summed E-state index contributed by atoms with van der Waals surface area (Å²) >= 11 is 21.9. The monoisotopic (exact) mass is 322 g/mol. The van der Waals surface area contributed by atoms with Crippen molar-refractivity contribution in [2.45, 2.75) is 10.2 Å². The summed E-state index contributed by atoms with van der Waals surface area (Å²) in [6, 6.07) is 9.69. The highest BCUT2D eigenvalue weighted by Gasteiger charge is 2.16. The number of halogens is 3. The van der Waals surface area contributed by atoms with Crippen molar-refractivity contribution in [3.63, 3.8) is 0 Å². The summed E-state index contributed by atoms with van der Waals surface area (Å²) in [7, 11) is 0. The van der Waals surface area contributed by atoms with Gasteiger partial charge in [-0.2, -0.15) is 0 Å². The summed E-state index contributed by atoms with van der Waals surface area (Å²) < 4.78 is -1.24. The van der Waals surface area contributed by atoms with Gasteiger partial charge in [-0.25, -0.2) is 0 Å². The number of anilines is 1. The van der Waals surface area contributed by atoms with E-state index in [0.29, 0.717) is 18.1 Å². The number of alkyl halides is 3. The van der Waals surface area contributed by atoms with Crippen molar-refractivity contribution in [2.24, 2.45) is 0 Å². The van der Waals surface area contributed by atoms with Crippen molar-refractivity contribution >= 4 is 57.8 Å². The molecule has 0 radical (unpaired) electrons. The van der Waals surface area contributed by atoms with E-state index in [1.807, 2.05) is 36.4 Å². The molecule has 2 N–H and O–H groups in total. The summed E-state index contributed by atoms with van der Waals surface area (Å²) in [6.45, 7) is 0.583. The molecule has 1 aromatic rings. The van der Waals surface area contributed by atoms with Crippen molar-refractivity contribution < 1.29 is 0 Å². The number of hydrogen-bond donors (Lipinski definition) is 2. The fourth-order valence-corrected chi connectivity index (χ4v) is 1.62. The minimum absolute atomic E-state index is 0.373. The molecule has 0 aromatic heterocycles. The van der Waals surface area contributed by atoms with Gasteiger partial charge in [0.25, 0.3) is 0 Å². The second-order valence-electron chi connectivity index (χ2n) is 3.49. The second kappa shape index (κ2) is 7.85. The predicted octanol–water partition coefficient (Wildman–Crippen LogP) is 4.29. The summed E-state index contributed by atoms with van der Waals surface area (Å²) in [5, 5.41) is 6.63. The number of hydrogen-bond acceptors (Lipinski definition) is 1. The Morgan fingerprint density at radius 3 is 2.44 bits per heavy atom. The third-order valence-electron chi connectivity index (χ3n) is 1.93. The molecule has 6 heteroatoms. The third-order valence-corrected chi connectivity index (χ3v) is 2.64. The smallest absolute Gasteiger partial charge is 0.194 e. The largest absolute Gasteiger partial charge is 0.359 e. The molecule has 0 aliphatic heterocycles. The zero-order valence-electron chi connectivity index (χ0n) is 9.50. The van der Waals surface area contributed by atoms with Gasteiger partial charge >= 0.3 is 0 Å². The van der Waals surface area contributed by atoms with Crippen LogP contribution in [0.15, 0.2) is 42.5 Å². The van der Waals surface area contributed by atoms with Crippen molar-refractivity contribution in [3.8, 4) is 0 Å². The lowest BCUT2D eigenvalue weighted by molar-refractivity contribution is 1.02. The van der Waals surface area contributed by atoms with E-state index in [-0.39, 0.29) is 0 Å². The van der Waals surface area contributed by atoms with Crippen LogP contribution in [0.1, 0.15) is 6.42 Å². The van der Waals surface area contributed by atoms with E-state index in [1.54, 1.807) is 6.08 Å². The number of thiocarbonyl (C=S) groups is 1. The van der Waals surface area contributed by atoms with Crippen molar-refractivity contribution in [2.75, 3.05) is 11.9 Å². The van der Waals surface area contributed by atoms with Crippen LogP contribution >= 0.6 is 47.0 Å². The molecule has 0 unspecified atom stereocenters. The first kappa shape index (κ1) is 15.6. The molecule has 1 aromatic carbocycles. The van der Waals surface area contributed by atoms with E-state index < -0.39 is 3.79 Å². The first-order chi connectivity index (χ1) is 8.47. The van der Waals surface area contributed by atoms with Gasteiger partial charge in [0.2, 0.25) is 0 Å². The van der Waals surface area contributed by atoms with E-state index in [1.165, 1.54) is 0 Å². The Bertz CT molecular complexity index is 402. The highest BCUT2D eigenvalue weighted by atomic mass is 35.6. The maximum atomic E-state index is 5.60. The molecule has 1 rings (SSSR count). The molecular weight excluding hydrogens is 311 g/mol. The minimum Gasteiger partial charge on any atom is -0.359 e. The number of nitrogens with one attached hydrogen (secondary N) is 2. The Kier molecular flexibility index (Phi) is 6.79. The van der Waals surface area contributed by atoms with Crippen LogP contribution in [0.25, 0.3) is 0 Å². The fraction of sp³-hybridized carbons (Fsp3) is 0.250. The van der Waals surface area contributed by atoms with E-state index in [4.69, 9.17) is 47.0 Å². The number of allylic oxidation sites excluding steroid dienone is 1. The molecular formula is C12H13Cl3N2S. The lowest BCUT2D eigenvalue weighted by atomic mass is 10.3. The van der Waals surface area contributed by atoms with Crippen LogP contribution in [-0.4, -0.2) is 15.4 Å². The van der Waals surface area contributed by atoms with Crippen LogP contribution in [-0.2, 0) is 0 Å². The maximum Gasteiger partial charge on any atom is 0.194 e. The van der Waals surface area contributed by atoms with Crippen molar-refractivity contribution in [1.29, 1.82) is 0 Å². The van der Waals surface area contributed by atoms with Gasteiger partial charge < -0.3 is 10.6 Å². The lowest BCUT2D eigenvalue weighted by Crippen LogP contribution is -2.28. The molecule has 0 aliphatic rings. The summed E-state index contributed by atoms with van der Waals surface area (Å²) in [6.07, 6.45) is 4.03. The Balaban J connectivity index is 2.22. The molecule has 0 spiro atoms. The first-order valence-electron chi connectivity index (χ1n) is 5.29. The molecule has 0 fully saturated rings. The Labute approximate surface area is 127 Å². The van der Waals surface area contributed by atoms with Gasteiger partial charge in [-0.15, -0.1) is 0 Å². The van der Waals surface area contributed by atoms with Gasteiger partial charge in [-0.05, 0) is 24.4 Å². The van der Waals surface area contributed by atoms with Gasteiger partial charge in [0.15, 0.2) is 8.90 Å². The predicted molar refractivity (Wildman–Crippen MR) is 84.7 cm³/mol. The Hall–Kier alpha value is -0.480. The van der Waals surface area contributed by atoms with Gasteiger partial charge in [0.05, 0.1) is 0 Å². The molecule has 0 atom stereocenters. The topological polar surface area (TPSA) is 24.1 Å². The molecule has 0 amide bonds. The highest BCUT2D eigenvalue weighted by molar-refractivity contribution is 7.80. The average molecular weight is 324 g/mol. The highest BCUT2D eigenvalue weighted by Crippen LogP contribution is 2.30. The van der Waals surface area contributed by atoms with E-state index in [0.717, 1.165) is 5.69 Å². The van der Waals surface area contributed by atoms with Gasteiger partial charge in [-0.1, -0.05) is 65.2 Å². The van der Waals surface area contributed by atoms with Crippen LogP contribution in [0.2, 0.25) is 0 Å². The normalized spacial score (nSPS) is 11.5. The molecule has 0 saturated heterocycles. The van der Waals surface area contributed by atoms with Crippen LogP contribution in [0.3, 0.4) is 0 Å². The fourth-order valence-electron chi connectivity index (χ4n) is 1.15. The Morgan fingerprint density at radius 1 is 1.17 bits per heavy atom. The minimum atomic E-state index is -1.24. The van der Waals surface area contributed by atoms with E-state index in [2.05, 4.69) is 10.6 Å². The summed E-state index contributed by atoms with van der Waals surface area (Å²) in [5.74, 6) is 0. The average Bonchev–Trinajstić information content (AvgIpc) is 2.28. The summed E-state index contributed by atoms with van der Waals surface area (Å²) in [5.41, 5.74) is 0.945. The van der Waals surface area contributed by atoms with Crippen molar-refractivity contribution in [3.05, 3.63) is 42.5 Å². The van der Waals surface area contributed by atoms with Gasteiger partial charge in [0, 0.05) is 18.7 Å². The molecule has 98 valence electrons. The molecule has 0 aliphatic carbocycles. The Morgan fingerprint density at radius 2 is 1.83 bits per heavy atom. The van der Waals surface area contributed by atoms with Crippen LogP contribution in [0.5, 0.6) is 0 Å². The quantitative estimate of drug-likeness (QED) is 0.491. The van der Waals surface area contributed by atoms with Crippen LogP contribution in [0.4, 0.5) is 5.69 Å². The molecule has 0 bridgehead atoms. The van der Waals surface area contributed by atoms with Gasteiger partial charge in [-0.3, -0.25) is 0 Å². The zero-order valence-corrected chi connectivity index (χ0v) is 12.6. The van der Waals surface area contributed by atoms with E-state index in [9.17, 15) is 0 Å². The summed E-state index contributed by atoms with van der Waals surface area (Å²) in [4.78, 5) is 0.